The molecule has 1 aromatic carbocycles. The van der Waals surface area contributed by atoms with E-state index in [4.69, 9.17) is 16.3 Å². The summed E-state index contributed by atoms with van der Waals surface area (Å²) in [6.45, 7) is 0.429. The van der Waals surface area contributed by atoms with Crippen LogP contribution in [0.2, 0.25) is 5.02 Å². The van der Waals surface area contributed by atoms with Gasteiger partial charge >= 0.3 is 0 Å². The molecule has 1 unspecified atom stereocenters. The van der Waals surface area contributed by atoms with Gasteiger partial charge in [-0.2, -0.15) is 0 Å². The summed E-state index contributed by atoms with van der Waals surface area (Å²) in [5, 5.41) is 0.675. The summed E-state index contributed by atoms with van der Waals surface area (Å²) < 4.78 is 5.36. The molecule has 2 rings (SSSR count). The van der Waals surface area contributed by atoms with Crippen molar-refractivity contribution in [3.05, 3.63) is 28.8 Å². The van der Waals surface area contributed by atoms with E-state index >= 15 is 0 Å². The third-order valence-electron chi connectivity index (χ3n) is 2.10. The minimum atomic E-state index is -0.147. The molecule has 0 N–H and O–H groups in total. The van der Waals surface area contributed by atoms with Crippen molar-refractivity contribution in [2.24, 2.45) is 5.92 Å². The van der Waals surface area contributed by atoms with Crippen LogP contribution in [0.25, 0.3) is 0 Å². The van der Waals surface area contributed by atoms with Gasteiger partial charge in [0.1, 0.15) is 5.75 Å². The maximum Gasteiger partial charge on any atom is 0.205 e. The normalized spacial score (nSPS) is 20.2. The van der Waals surface area contributed by atoms with Crippen LogP contribution in [0.5, 0.6) is 5.75 Å². The molecule has 0 bridgehead atoms. The zero-order valence-electron chi connectivity index (χ0n) is 6.92. The molecule has 1 radical (unpaired) electrons. The second-order valence-electron chi connectivity index (χ2n) is 3.08. The monoisotopic (exact) mass is 195 g/mol. The maximum atomic E-state index is 10.4. The quantitative estimate of drug-likeness (QED) is 0.685. The molecule has 0 saturated carbocycles. The zero-order chi connectivity index (χ0) is 9.26. The molecule has 3 heteroatoms. The van der Waals surface area contributed by atoms with Crippen LogP contribution in [0.3, 0.4) is 0 Å². The van der Waals surface area contributed by atoms with Crippen molar-refractivity contribution in [2.45, 2.75) is 6.42 Å². The Hall–Kier alpha value is -1.02. The predicted octanol–water partition coefficient (Wildman–Crippen LogP) is 2.00. The molecule has 1 aliphatic heterocycles. The van der Waals surface area contributed by atoms with Gasteiger partial charge in [0.05, 0.1) is 12.5 Å². The van der Waals surface area contributed by atoms with Gasteiger partial charge in [-0.25, -0.2) is 0 Å². The molecule has 67 valence electrons. The predicted molar refractivity (Wildman–Crippen MR) is 49.8 cm³/mol. The van der Waals surface area contributed by atoms with Gasteiger partial charge < -0.3 is 4.74 Å². The lowest BCUT2D eigenvalue weighted by Crippen LogP contribution is -2.21. The van der Waals surface area contributed by atoms with Crippen LogP contribution >= 0.6 is 11.6 Å². The smallest absolute Gasteiger partial charge is 0.205 e. The van der Waals surface area contributed by atoms with Gasteiger partial charge in [0.2, 0.25) is 6.29 Å². The standard InChI is InChI=1S/C10H8ClO2/c11-9-1-2-10-8(4-9)3-7(5-12)6-13-10/h1-2,4,7H,3,6H2. The van der Waals surface area contributed by atoms with Gasteiger partial charge in [0.15, 0.2) is 0 Å². The van der Waals surface area contributed by atoms with Crippen LogP contribution < -0.4 is 4.74 Å². The summed E-state index contributed by atoms with van der Waals surface area (Å²) in [6.07, 6.45) is 2.63. The van der Waals surface area contributed by atoms with Gasteiger partial charge in [0.25, 0.3) is 0 Å². The summed E-state index contributed by atoms with van der Waals surface area (Å²) >= 11 is 5.81. The van der Waals surface area contributed by atoms with Crippen molar-refractivity contribution in [3.8, 4) is 5.75 Å². The van der Waals surface area contributed by atoms with E-state index in [-0.39, 0.29) is 5.92 Å². The van der Waals surface area contributed by atoms with Crippen molar-refractivity contribution in [2.75, 3.05) is 6.61 Å². The van der Waals surface area contributed by atoms with Crippen LogP contribution in [0.1, 0.15) is 5.56 Å². The molecule has 0 aliphatic carbocycles. The van der Waals surface area contributed by atoms with Crippen LogP contribution in [-0.4, -0.2) is 12.9 Å². The Kier molecular flexibility index (Phi) is 2.23. The van der Waals surface area contributed by atoms with E-state index in [2.05, 4.69) is 0 Å². The SMILES string of the molecule is O=[C]C1COc2ccc(Cl)cc2C1. The molecular formula is C10H8ClO2. The first-order valence-electron chi connectivity index (χ1n) is 4.08. The fourth-order valence-electron chi connectivity index (χ4n) is 1.44. The van der Waals surface area contributed by atoms with E-state index < -0.39 is 0 Å². The molecule has 0 aromatic heterocycles. The van der Waals surface area contributed by atoms with Crippen LogP contribution in [-0.2, 0) is 11.2 Å². The first-order chi connectivity index (χ1) is 6.29. The van der Waals surface area contributed by atoms with E-state index in [0.717, 1.165) is 11.3 Å². The minimum Gasteiger partial charge on any atom is -0.493 e. The Morgan fingerprint density at radius 2 is 2.38 bits per heavy atom. The number of halogens is 1. The summed E-state index contributed by atoms with van der Waals surface area (Å²) in [6, 6.07) is 5.45. The van der Waals surface area contributed by atoms with Gasteiger partial charge in [-0.05, 0) is 30.2 Å². The maximum absolute atomic E-state index is 10.4. The molecule has 0 spiro atoms. The molecule has 1 aliphatic rings. The first kappa shape index (κ1) is 8.57. The molecule has 0 fully saturated rings. The highest BCUT2D eigenvalue weighted by atomic mass is 35.5. The Balaban J connectivity index is 2.32. The summed E-state index contributed by atoms with van der Waals surface area (Å²) in [7, 11) is 0. The van der Waals surface area contributed by atoms with Gasteiger partial charge in [-0.1, -0.05) is 11.6 Å². The number of hydrogen-bond acceptors (Lipinski definition) is 2. The van der Waals surface area contributed by atoms with Gasteiger partial charge in [0, 0.05) is 5.02 Å². The van der Waals surface area contributed by atoms with E-state index in [1.54, 1.807) is 6.07 Å². The Labute approximate surface area is 81.5 Å². The van der Waals surface area contributed by atoms with Crippen molar-refractivity contribution < 1.29 is 9.53 Å². The second-order valence-corrected chi connectivity index (χ2v) is 3.52. The van der Waals surface area contributed by atoms with Crippen molar-refractivity contribution in [1.82, 2.24) is 0 Å². The molecule has 0 amide bonds. The third kappa shape index (κ3) is 1.68. The average molecular weight is 196 g/mol. The van der Waals surface area contributed by atoms with E-state index in [1.807, 2.05) is 18.4 Å². The number of fused-ring (bicyclic) bond motifs is 1. The molecule has 1 heterocycles. The first-order valence-corrected chi connectivity index (χ1v) is 4.46. The number of ether oxygens (including phenoxy) is 1. The lowest BCUT2D eigenvalue weighted by molar-refractivity contribution is 0.255. The Morgan fingerprint density at radius 3 is 3.15 bits per heavy atom. The lowest BCUT2D eigenvalue weighted by atomic mass is 9.98. The number of benzene rings is 1. The van der Waals surface area contributed by atoms with Gasteiger partial charge in [-0.15, -0.1) is 0 Å². The highest BCUT2D eigenvalue weighted by molar-refractivity contribution is 6.30. The molecular weight excluding hydrogens is 188 g/mol. The van der Waals surface area contributed by atoms with Gasteiger partial charge in [-0.3, -0.25) is 4.79 Å². The summed E-state index contributed by atoms with van der Waals surface area (Å²) in [5.74, 6) is 0.682. The zero-order valence-corrected chi connectivity index (χ0v) is 7.67. The van der Waals surface area contributed by atoms with Crippen molar-refractivity contribution in [1.29, 1.82) is 0 Å². The lowest BCUT2D eigenvalue weighted by Gasteiger charge is -2.20. The van der Waals surface area contributed by atoms with Crippen molar-refractivity contribution in [3.63, 3.8) is 0 Å². The summed E-state index contributed by atoms with van der Waals surface area (Å²) in [5.41, 5.74) is 0.993. The highest BCUT2D eigenvalue weighted by Crippen LogP contribution is 2.28. The molecule has 13 heavy (non-hydrogen) atoms. The van der Waals surface area contributed by atoms with Crippen LogP contribution in [0.4, 0.5) is 0 Å². The van der Waals surface area contributed by atoms with E-state index in [9.17, 15) is 4.79 Å². The fraction of sp³-hybridized carbons (Fsp3) is 0.300. The third-order valence-corrected chi connectivity index (χ3v) is 2.33. The molecule has 0 saturated heterocycles. The molecule has 2 nitrogen and oxygen atoms in total. The average Bonchev–Trinajstić information content (AvgIpc) is 2.16. The number of hydrogen-bond donors (Lipinski definition) is 0. The van der Waals surface area contributed by atoms with E-state index in [1.165, 1.54) is 0 Å². The fourth-order valence-corrected chi connectivity index (χ4v) is 1.63. The largest absolute Gasteiger partial charge is 0.493 e. The van der Waals surface area contributed by atoms with E-state index in [0.29, 0.717) is 18.1 Å². The Bertz CT molecular complexity index is 336. The molecule has 1 aromatic rings. The van der Waals surface area contributed by atoms with Crippen LogP contribution in [0.15, 0.2) is 18.2 Å². The highest BCUT2D eigenvalue weighted by Gasteiger charge is 2.19. The minimum absolute atomic E-state index is 0.147. The number of rotatable bonds is 1. The Morgan fingerprint density at radius 1 is 1.54 bits per heavy atom. The second kappa shape index (κ2) is 3.38. The molecule has 1 atom stereocenters. The number of carbonyl (C=O) groups excluding carboxylic acids is 1. The van der Waals surface area contributed by atoms with Crippen LogP contribution in [0, 0.1) is 5.92 Å². The summed E-state index contributed by atoms with van der Waals surface area (Å²) in [4.78, 5) is 10.4. The topological polar surface area (TPSA) is 26.3 Å². The van der Waals surface area contributed by atoms with Crippen molar-refractivity contribution >= 4 is 17.9 Å².